The van der Waals surface area contributed by atoms with E-state index < -0.39 is 0 Å². The lowest BCUT2D eigenvalue weighted by molar-refractivity contribution is 0.232. The van der Waals surface area contributed by atoms with E-state index in [-0.39, 0.29) is 0 Å². The summed E-state index contributed by atoms with van der Waals surface area (Å²) in [5, 5.41) is 0. The molecular weight excluding hydrogens is 198 g/mol. The average molecular weight is 219 g/mol. The molecule has 1 saturated carbocycles. The molecule has 0 spiro atoms. The summed E-state index contributed by atoms with van der Waals surface area (Å²) in [5.74, 6) is 1.96. The summed E-state index contributed by atoms with van der Waals surface area (Å²) >= 11 is 0. The van der Waals surface area contributed by atoms with Gasteiger partial charge in [0.15, 0.2) is 0 Å². The summed E-state index contributed by atoms with van der Waals surface area (Å²) in [6, 6.07) is 0. The van der Waals surface area contributed by atoms with Gasteiger partial charge < -0.3 is 5.73 Å². The monoisotopic (exact) mass is 219 g/mol. The van der Waals surface area contributed by atoms with E-state index in [0.29, 0.717) is 11.8 Å². The van der Waals surface area contributed by atoms with Gasteiger partial charge in [-0.1, -0.05) is 19.8 Å². The van der Waals surface area contributed by atoms with E-state index >= 15 is 0 Å². The third-order valence-corrected chi connectivity index (χ3v) is 3.95. The van der Waals surface area contributed by atoms with Gasteiger partial charge in [-0.3, -0.25) is 9.97 Å². The Morgan fingerprint density at radius 3 is 2.88 bits per heavy atom. The van der Waals surface area contributed by atoms with E-state index in [4.69, 9.17) is 5.73 Å². The summed E-state index contributed by atoms with van der Waals surface area (Å²) in [4.78, 5) is 8.63. The minimum absolute atomic E-state index is 0.525. The average Bonchev–Trinajstić information content (AvgIpc) is 2.39. The van der Waals surface area contributed by atoms with E-state index in [1.165, 1.54) is 25.7 Å². The molecule has 1 heterocycles. The molecule has 1 aliphatic rings. The molecule has 3 unspecified atom stereocenters. The van der Waals surface area contributed by atoms with Crippen LogP contribution < -0.4 is 5.73 Å². The van der Waals surface area contributed by atoms with Crippen molar-refractivity contribution in [1.82, 2.24) is 9.97 Å². The van der Waals surface area contributed by atoms with Crippen LogP contribution in [0.25, 0.3) is 0 Å². The highest BCUT2D eigenvalue weighted by molar-refractivity contribution is 5.07. The Bertz CT molecular complexity index is 312. The Labute approximate surface area is 97.5 Å². The van der Waals surface area contributed by atoms with Crippen LogP contribution in [-0.4, -0.2) is 16.5 Å². The molecule has 0 aliphatic heterocycles. The van der Waals surface area contributed by atoms with Gasteiger partial charge in [-0.05, 0) is 31.2 Å². The minimum Gasteiger partial charge on any atom is -0.330 e. The van der Waals surface area contributed by atoms with Gasteiger partial charge in [0.2, 0.25) is 0 Å². The predicted molar refractivity (Wildman–Crippen MR) is 64.9 cm³/mol. The maximum Gasteiger partial charge on any atom is 0.0620 e. The van der Waals surface area contributed by atoms with Crippen molar-refractivity contribution in [2.45, 2.75) is 38.5 Å². The van der Waals surface area contributed by atoms with Crippen molar-refractivity contribution in [1.29, 1.82) is 0 Å². The van der Waals surface area contributed by atoms with Crippen molar-refractivity contribution in [3.8, 4) is 0 Å². The first-order valence-corrected chi connectivity index (χ1v) is 6.31. The van der Waals surface area contributed by atoms with Gasteiger partial charge >= 0.3 is 0 Å². The van der Waals surface area contributed by atoms with Crippen LogP contribution in [0.15, 0.2) is 18.6 Å². The number of nitrogens with zero attached hydrogens (tertiary/aromatic N) is 2. The topological polar surface area (TPSA) is 51.8 Å². The lowest BCUT2D eigenvalue weighted by Gasteiger charge is -2.34. The SMILES string of the molecule is CCC1CCC(CN)C(c2cnccn2)C1. The molecule has 1 aromatic heterocycles. The Hall–Kier alpha value is -0.960. The lowest BCUT2D eigenvalue weighted by atomic mass is 9.72. The molecule has 3 nitrogen and oxygen atoms in total. The summed E-state index contributed by atoms with van der Waals surface area (Å²) in [5.41, 5.74) is 7.00. The van der Waals surface area contributed by atoms with Crippen molar-refractivity contribution >= 4 is 0 Å². The summed E-state index contributed by atoms with van der Waals surface area (Å²) < 4.78 is 0. The van der Waals surface area contributed by atoms with Crippen LogP contribution in [0.3, 0.4) is 0 Å². The molecule has 2 N–H and O–H groups in total. The van der Waals surface area contributed by atoms with Crippen molar-refractivity contribution < 1.29 is 0 Å². The summed E-state index contributed by atoms with van der Waals surface area (Å²) in [6.07, 6.45) is 10.5. The summed E-state index contributed by atoms with van der Waals surface area (Å²) in [7, 11) is 0. The van der Waals surface area contributed by atoms with Gasteiger partial charge in [0.25, 0.3) is 0 Å². The largest absolute Gasteiger partial charge is 0.330 e. The van der Waals surface area contributed by atoms with E-state index in [1.54, 1.807) is 12.4 Å². The molecule has 1 aromatic rings. The fraction of sp³-hybridized carbons (Fsp3) is 0.692. The van der Waals surface area contributed by atoms with Gasteiger partial charge in [0.1, 0.15) is 0 Å². The fourth-order valence-corrected chi connectivity index (χ4v) is 2.84. The Kier molecular flexibility index (Phi) is 3.88. The Balaban J connectivity index is 2.15. The van der Waals surface area contributed by atoms with Crippen molar-refractivity contribution in [2.24, 2.45) is 17.6 Å². The van der Waals surface area contributed by atoms with E-state index in [1.807, 2.05) is 6.20 Å². The summed E-state index contributed by atoms with van der Waals surface area (Å²) in [6.45, 7) is 3.05. The third kappa shape index (κ3) is 2.40. The first-order chi connectivity index (χ1) is 7.85. The molecular formula is C13H21N3. The smallest absolute Gasteiger partial charge is 0.0620 e. The molecule has 3 atom stereocenters. The number of hydrogen-bond donors (Lipinski definition) is 1. The first-order valence-electron chi connectivity index (χ1n) is 6.31. The van der Waals surface area contributed by atoms with E-state index in [2.05, 4.69) is 16.9 Å². The second-order valence-electron chi connectivity index (χ2n) is 4.82. The van der Waals surface area contributed by atoms with Gasteiger partial charge in [-0.15, -0.1) is 0 Å². The lowest BCUT2D eigenvalue weighted by Crippen LogP contribution is -2.29. The van der Waals surface area contributed by atoms with Crippen LogP contribution in [0.4, 0.5) is 0 Å². The van der Waals surface area contributed by atoms with Gasteiger partial charge in [0, 0.05) is 24.5 Å². The maximum atomic E-state index is 5.87. The molecule has 0 saturated heterocycles. The van der Waals surface area contributed by atoms with Crippen LogP contribution >= 0.6 is 0 Å². The Morgan fingerprint density at radius 1 is 1.38 bits per heavy atom. The molecule has 1 fully saturated rings. The van der Waals surface area contributed by atoms with Crippen LogP contribution in [0, 0.1) is 11.8 Å². The molecule has 0 aromatic carbocycles. The van der Waals surface area contributed by atoms with Crippen LogP contribution in [0.1, 0.15) is 44.2 Å². The molecule has 16 heavy (non-hydrogen) atoms. The molecule has 0 amide bonds. The highest BCUT2D eigenvalue weighted by Crippen LogP contribution is 2.40. The quantitative estimate of drug-likeness (QED) is 0.849. The Morgan fingerprint density at radius 2 is 2.25 bits per heavy atom. The number of aromatic nitrogens is 2. The van der Waals surface area contributed by atoms with Gasteiger partial charge in [-0.2, -0.15) is 0 Å². The minimum atomic E-state index is 0.525. The first kappa shape index (κ1) is 11.5. The number of hydrogen-bond acceptors (Lipinski definition) is 3. The zero-order valence-corrected chi connectivity index (χ0v) is 9.97. The molecule has 3 heteroatoms. The zero-order chi connectivity index (χ0) is 11.4. The van der Waals surface area contributed by atoms with Gasteiger partial charge in [-0.25, -0.2) is 0 Å². The zero-order valence-electron chi connectivity index (χ0n) is 9.97. The maximum absolute atomic E-state index is 5.87. The van der Waals surface area contributed by atoms with Crippen LogP contribution in [0.2, 0.25) is 0 Å². The van der Waals surface area contributed by atoms with Gasteiger partial charge in [0.05, 0.1) is 5.69 Å². The highest BCUT2D eigenvalue weighted by Gasteiger charge is 2.30. The third-order valence-electron chi connectivity index (χ3n) is 3.95. The second-order valence-corrected chi connectivity index (χ2v) is 4.82. The normalized spacial score (nSPS) is 30.2. The van der Waals surface area contributed by atoms with Crippen molar-refractivity contribution in [3.05, 3.63) is 24.3 Å². The molecule has 0 bridgehead atoms. The second kappa shape index (κ2) is 5.39. The number of rotatable bonds is 3. The number of nitrogens with two attached hydrogens (primary N) is 1. The van der Waals surface area contributed by atoms with E-state index in [9.17, 15) is 0 Å². The van der Waals surface area contributed by atoms with E-state index in [0.717, 1.165) is 18.2 Å². The van der Waals surface area contributed by atoms with Crippen molar-refractivity contribution in [3.63, 3.8) is 0 Å². The van der Waals surface area contributed by atoms with Crippen molar-refractivity contribution in [2.75, 3.05) is 6.54 Å². The molecule has 0 radical (unpaired) electrons. The molecule has 2 rings (SSSR count). The molecule has 88 valence electrons. The fourth-order valence-electron chi connectivity index (χ4n) is 2.84. The predicted octanol–water partition coefficient (Wildman–Crippen LogP) is 2.35. The standard InChI is InChI=1S/C13H21N3/c1-2-10-3-4-11(8-14)12(7-10)13-9-15-5-6-16-13/h5-6,9-12H,2-4,7-8,14H2,1H3. The highest BCUT2D eigenvalue weighted by atomic mass is 14.8. The van der Waals surface area contributed by atoms with Crippen LogP contribution in [0.5, 0.6) is 0 Å². The molecule has 1 aliphatic carbocycles. The van der Waals surface area contributed by atoms with Crippen LogP contribution in [-0.2, 0) is 0 Å².